The number of piperidine rings is 1. The molecule has 1 spiro atoms. The lowest BCUT2D eigenvalue weighted by atomic mass is 9.61. The molecule has 2 aliphatic rings. The Balaban J connectivity index is 1.50. The molecule has 22 heavy (non-hydrogen) atoms. The van der Waals surface area contributed by atoms with Gasteiger partial charge in [0.15, 0.2) is 0 Å². The minimum Gasteiger partial charge on any atom is -0.490 e. The highest BCUT2D eigenvalue weighted by atomic mass is 79.9. The van der Waals surface area contributed by atoms with E-state index in [0.29, 0.717) is 11.5 Å². The number of halogens is 1. The van der Waals surface area contributed by atoms with Crippen LogP contribution in [0.15, 0.2) is 22.7 Å². The van der Waals surface area contributed by atoms with Crippen molar-refractivity contribution in [1.82, 2.24) is 4.90 Å². The van der Waals surface area contributed by atoms with Crippen molar-refractivity contribution in [2.45, 2.75) is 38.7 Å². The number of hydrogen-bond acceptors (Lipinski definition) is 3. The lowest BCUT2D eigenvalue weighted by molar-refractivity contribution is -0.139. The van der Waals surface area contributed by atoms with Gasteiger partial charge in [0.1, 0.15) is 5.75 Å². The fourth-order valence-corrected chi connectivity index (χ4v) is 4.02. The van der Waals surface area contributed by atoms with Crippen LogP contribution in [0.25, 0.3) is 0 Å². The predicted octanol–water partition coefficient (Wildman–Crippen LogP) is 3.47. The van der Waals surface area contributed by atoms with E-state index in [2.05, 4.69) is 22.9 Å². The van der Waals surface area contributed by atoms with Crippen LogP contribution in [0.4, 0.5) is 0 Å². The van der Waals surface area contributed by atoms with Crippen molar-refractivity contribution < 1.29 is 14.6 Å². The molecule has 1 aliphatic carbocycles. The maximum absolute atomic E-state index is 10.8. The summed E-state index contributed by atoms with van der Waals surface area (Å²) in [4.78, 5) is 12.8. The van der Waals surface area contributed by atoms with Crippen molar-refractivity contribution in [3.63, 3.8) is 0 Å². The SMILES string of the molecule is Cc1c(Br)cccc1OC1CC2(CCN(CC(=O)O)CC2)C1. The third kappa shape index (κ3) is 3.30. The average molecular weight is 368 g/mol. The summed E-state index contributed by atoms with van der Waals surface area (Å²) in [7, 11) is 0. The molecule has 120 valence electrons. The van der Waals surface area contributed by atoms with Gasteiger partial charge >= 0.3 is 5.97 Å². The number of carboxylic acids is 1. The minimum absolute atomic E-state index is 0.174. The van der Waals surface area contributed by atoms with Crippen LogP contribution >= 0.6 is 15.9 Å². The Morgan fingerprint density at radius 1 is 1.41 bits per heavy atom. The van der Waals surface area contributed by atoms with E-state index in [-0.39, 0.29) is 6.54 Å². The van der Waals surface area contributed by atoms with E-state index in [0.717, 1.165) is 54.6 Å². The van der Waals surface area contributed by atoms with Crippen LogP contribution in [0.5, 0.6) is 5.75 Å². The number of rotatable bonds is 4. The number of nitrogens with zero attached hydrogens (tertiary/aromatic N) is 1. The molecule has 0 amide bonds. The first-order chi connectivity index (χ1) is 10.5. The normalized spacial score (nSPS) is 21.5. The molecule has 0 unspecified atom stereocenters. The first kappa shape index (κ1) is 15.8. The van der Waals surface area contributed by atoms with Gasteiger partial charge in [-0.1, -0.05) is 22.0 Å². The molecule has 0 bridgehead atoms. The standard InChI is InChI=1S/C17H22BrNO3/c1-12-14(18)3-2-4-15(12)22-13-9-17(10-13)5-7-19(8-6-17)11-16(20)21/h2-4,13H,5-11H2,1H3,(H,20,21). The van der Waals surface area contributed by atoms with E-state index in [9.17, 15) is 4.79 Å². The number of aliphatic carboxylic acids is 1. The predicted molar refractivity (Wildman–Crippen MR) is 88.3 cm³/mol. The van der Waals surface area contributed by atoms with Gasteiger partial charge in [0.2, 0.25) is 0 Å². The van der Waals surface area contributed by atoms with Crippen LogP contribution in [-0.4, -0.2) is 41.7 Å². The molecule has 1 N–H and O–H groups in total. The molecule has 3 rings (SSSR count). The average Bonchev–Trinajstić information content (AvgIpc) is 2.43. The van der Waals surface area contributed by atoms with Gasteiger partial charge < -0.3 is 9.84 Å². The topological polar surface area (TPSA) is 49.8 Å². The van der Waals surface area contributed by atoms with Gasteiger partial charge in [-0.15, -0.1) is 0 Å². The number of likely N-dealkylation sites (tertiary alicyclic amines) is 1. The van der Waals surface area contributed by atoms with E-state index < -0.39 is 5.97 Å². The molecule has 1 aromatic rings. The molecule has 4 nitrogen and oxygen atoms in total. The zero-order valence-corrected chi connectivity index (χ0v) is 14.4. The largest absolute Gasteiger partial charge is 0.490 e. The smallest absolute Gasteiger partial charge is 0.317 e. The number of benzene rings is 1. The van der Waals surface area contributed by atoms with Gasteiger partial charge in [-0.05, 0) is 63.2 Å². The van der Waals surface area contributed by atoms with Crippen molar-refractivity contribution in [1.29, 1.82) is 0 Å². The van der Waals surface area contributed by atoms with E-state index in [1.165, 1.54) is 0 Å². The Morgan fingerprint density at radius 3 is 2.73 bits per heavy atom. The number of ether oxygens (including phenoxy) is 1. The number of carbonyl (C=O) groups is 1. The highest BCUT2D eigenvalue weighted by Crippen LogP contribution is 2.50. The second-order valence-corrected chi connectivity index (χ2v) is 7.54. The summed E-state index contributed by atoms with van der Waals surface area (Å²) < 4.78 is 7.23. The molecular weight excluding hydrogens is 346 g/mol. The minimum atomic E-state index is -0.726. The maximum atomic E-state index is 10.8. The molecular formula is C17H22BrNO3. The van der Waals surface area contributed by atoms with Crippen molar-refractivity contribution in [3.05, 3.63) is 28.2 Å². The number of hydrogen-bond donors (Lipinski definition) is 1. The molecule has 5 heteroatoms. The van der Waals surface area contributed by atoms with Gasteiger partial charge in [-0.3, -0.25) is 9.69 Å². The van der Waals surface area contributed by atoms with E-state index >= 15 is 0 Å². The van der Waals surface area contributed by atoms with Crippen molar-refractivity contribution >= 4 is 21.9 Å². The summed E-state index contributed by atoms with van der Waals surface area (Å²) in [5, 5.41) is 8.86. The zero-order chi connectivity index (χ0) is 15.7. The fourth-order valence-electron chi connectivity index (χ4n) is 3.67. The molecule has 0 atom stereocenters. The van der Waals surface area contributed by atoms with Crippen LogP contribution in [0.2, 0.25) is 0 Å². The Hall–Kier alpha value is -1.07. The Kier molecular flexibility index (Phi) is 4.46. The zero-order valence-electron chi connectivity index (χ0n) is 12.8. The lowest BCUT2D eigenvalue weighted by Crippen LogP contribution is -2.51. The molecule has 1 heterocycles. The van der Waals surface area contributed by atoms with Gasteiger partial charge in [-0.2, -0.15) is 0 Å². The molecule has 1 aliphatic heterocycles. The third-order valence-electron chi connectivity index (χ3n) is 5.11. The molecule has 1 saturated heterocycles. The van der Waals surface area contributed by atoms with Crippen LogP contribution in [0.1, 0.15) is 31.2 Å². The highest BCUT2D eigenvalue weighted by Gasteiger charge is 2.47. The first-order valence-electron chi connectivity index (χ1n) is 7.83. The van der Waals surface area contributed by atoms with Gasteiger partial charge in [-0.25, -0.2) is 0 Å². The number of carboxylic acid groups (broad SMARTS) is 1. The molecule has 1 saturated carbocycles. The van der Waals surface area contributed by atoms with Crippen molar-refractivity contribution in [2.24, 2.45) is 5.41 Å². The van der Waals surface area contributed by atoms with Crippen LogP contribution < -0.4 is 4.74 Å². The quantitative estimate of drug-likeness (QED) is 0.884. The van der Waals surface area contributed by atoms with Gasteiger partial charge in [0, 0.05) is 10.0 Å². The third-order valence-corrected chi connectivity index (χ3v) is 5.97. The van der Waals surface area contributed by atoms with E-state index in [1.54, 1.807) is 0 Å². The monoisotopic (exact) mass is 367 g/mol. The Morgan fingerprint density at radius 2 is 2.09 bits per heavy atom. The summed E-state index contributed by atoms with van der Waals surface area (Å²) in [5.41, 5.74) is 1.54. The van der Waals surface area contributed by atoms with Crippen LogP contribution in [-0.2, 0) is 4.79 Å². The maximum Gasteiger partial charge on any atom is 0.317 e. The molecule has 0 aromatic heterocycles. The fraction of sp³-hybridized carbons (Fsp3) is 0.588. The highest BCUT2D eigenvalue weighted by molar-refractivity contribution is 9.10. The van der Waals surface area contributed by atoms with E-state index in [4.69, 9.17) is 9.84 Å². The van der Waals surface area contributed by atoms with Crippen LogP contribution in [0, 0.1) is 12.3 Å². The first-order valence-corrected chi connectivity index (χ1v) is 8.63. The van der Waals surface area contributed by atoms with Gasteiger partial charge in [0.05, 0.1) is 12.6 Å². The van der Waals surface area contributed by atoms with Crippen molar-refractivity contribution in [3.8, 4) is 5.75 Å². The van der Waals surface area contributed by atoms with Crippen LogP contribution in [0.3, 0.4) is 0 Å². The summed E-state index contributed by atoms with van der Waals surface area (Å²) in [6, 6.07) is 6.06. The Bertz CT molecular complexity index is 559. The summed E-state index contributed by atoms with van der Waals surface area (Å²) in [6.07, 6.45) is 4.69. The molecule has 0 radical (unpaired) electrons. The van der Waals surface area contributed by atoms with E-state index in [1.807, 2.05) is 23.1 Å². The second kappa shape index (κ2) is 6.20. The lowest BCUT2D eigenvalue weighted by Gasteiger charge is -2.51. The summed E-state index contributed by atoms with van der Waals surface area (Å²) in [6.45, 7) is 4.04. The Labute approximate surface area is 139 Å². The molecule has 2 fully saturated rings. The van der Waals surface area contributed by atoms with Crippen molar-refractivity contribution in [2.75, 3.05) is 19.6 Å². The summed E-state index contributed by atoms with van der Waals surface area (Å²) in [5.74, 6) is 0.244. The summed E-state index contributed by atoms with van der Waals surface area (Å²) >= 11 is 3.54. The molecule has 1 aromatic carbocycles. The van der Waals surface area contributed by atoms with Gasteiger partial charge in [0.25, 0.3) is 0 Å². The second-order valence-electron chi connectivity index (χ2n) is 6.68.